The zero-order valence-corrected chi connectivity index (χ0v) is 15.0. The van der Waals surface area contributed by atoms with Crippen LogP contribution in [-0.4, -0.2) is 79.7 Å². The highest BCUT2D eigenvalue weighted by atomic mass is 35.5. The molecule has 21 heavy (non-hydrogen) atoms. The highest BCUT2D eigenvalue weighted by molar-refractivity contribution is 7.98. The minimum atomic E-state index is -0.342. The maximum atomic E-state index is 12.3. The molecule has 0 aromatic rings. The van der Waals surface area contributed by atoms with Crippen molar-refractivity contribution in [1.29, 1.82) is 0 Å². The summed E-state index contributed by atoms with van der Waals surface area (Å²) in [6, 6.07) is 0.0843. The van der Waals surface area contributed by atoms with Crippen LogP contribution in [-0.2, 0) is 9.53 Å². The van der Waals surface area contributed by atoms with Crippen molar-refractivity contribution in [2.75, 3.05) is 51.9 Å². The molecule has 1 aliphatic rings. The van der Waals surface area contributed by atoms with Crippen molar-refractivity contribution in [3.8, 4) is 0 Å². The third-order valence-corrected chi connectivity index (χ3v) is 4.56. The number of amides is 1. The average Bonchev–Trinajstić information content (AvgIpc) is 2.49. The number of carbonyl (C=O) groups is 1. The number of carbonyl (C=O) groups excluding carboxylic acids is 1. The van der Waals surface area contributed by atoms with Gasteiger partial charge in [-0.05, 0) is 24.9 Å². The van der Waals surface area contributed by atoms with Gasteiger partial charge in [-0.25, -0.2) is 0 Å². The fourth-order valence-corrected chi connectivity index (χ4v) is 3.08. The summed E-state index contributed by atoms with van der Waals surface area (Å²) in [5, 5.41) is 0. The van der Waals surface area contributed by atoms with Crippen molar-refractivity contribution >= 4 is 30.1 Å². The molecule has 0 aromatic heterocycles. The van der Waals surface area contributed by atoms with E-state index in [2.05, 4.69) is 11.8 Å². The quantitative estimate of drug-likeness (QED) is 0.716. The van der Waals surface area contributed by atoms with Gasteiger partial charge in [-0.1, -0.05) is 6.92 Å². The predicted octanol–water partition coefficient (Wildman–Crippen LogP) is 1.06. The van der Waals surface area contributed by atoms with Crippen molar-refractivity contribution < 1.29 is 9.53 Å². The zero-order chi connectivity index (χ0) is 15.0. The van der Waals surface area contributed by atoms with E-state index < -0.39 is 0 Å². The number of piperazine rings is 1. The summed E-state index contributed by atoms with van der Waals surface area (Å²) in [6.07, 6.45) is 3.85. The first kappa shape index (κ1) is 21.0. The Morgan fingerprint density at radius 1 is 1.48 bits per heavy atom. The molecule has 0 aliphatic carbocycles. The van der Waals surface area contributed by atoms with Gasteiger partial charge in [-0.2, -0.15) is 11.8 Å². The second kappa shape index (κ2) is 11.5. The van der Waals surface area contributed by atoms with Crippen LogP contribution in [0.5, 0.6) is 0 Å². The van der Waals surface area contributed by atoms with Gasteiger partial charge < -0.3 is 15.4 Å². The van der Waals surface area contributed by atoms with E-state index in [0.717, 1.165) is 51.4 Å². The topological polar surface area (TPSA) is 58.8 Å². The first-order chi connectivity index (χ1) is 9.63. The molecule has 0 saturated carbocycles. The first-order valence-corrected chi connectivity index (χ1v) is 8.79. The van der Waals surface area contributed by atoms with Crippen LogP contribution in [0.2, 0.25) is 0 Å². The molecule has 0 aromatic carbocycles. The Labute approximate surface area is 139 Å². The van der Waals surface area contributed by atoms with E-state index in [1.165, 1.54) is 0 Å². The zero-order valence-electron chi connectivity index (χ0n) is 13.4. The molecule has 2 N–H and O–H groups in total. The van der Waals surface area contributed by atoms with Gasteiger partial charge in [0.05, 0.1) is 12.6 Å². The Hall–Kier alpha value is -0.0100. The molecule has 2 atom stereocenters. The van der Waals surface area contributed by atoms with Crippen LogP contribution in [0.25, 0.3) is 0 Å². The number of thioether (sulfide) groups is 1. The molecule has 1 heterocycles. The Morgan fingerprint density at radius 2 is 2.19 bits per heavy atom. The summed E-state index contributed by atoms with van der Waals surface area (Å²) in [5.74, 6) is 1.06. The molecule has 7 heteroatoms. The smallest absolute Gasteiger partial charge is 0.239 e. The number of nitrogens with two attached hydrogens (primary N) is 1. The van der Waals surface area contributed by atoms with E-state index in [9.17, 15) is 4.79 Å². The summed E-state index contributed by atoms with van der Waals surface area (Å²) < 4.78 is 5.15. The third kappa shape index (κ3) is 6.74. The molecule has 0 bridgehead atoms. The minimum absolute atomic E-state index is 0. The molecule has 1 saturated heterocycles. The molecular formula is C14H30ClN3O2S. The van der Waals surface area contributed by atoms with Crippen molar-refractivity contribution in [3.63, 3.8) is 0 Å². The summed E-state index contributed by atoms with van der Waals surface area (Å²) in [6.45, 7) is 6.36. The molecule has 126 valence electrons. The Kier molecular flexibility index (Phi) is 11.5. The predicted molar refractivity (Wildman–Crippen MR) is 92.3 cm³/mol. The number of nitrogens with zero attached hydrogens (tertiary/aromatic N) is 2. The van der Waals surface area contributed by atoms with Crippen LogP contribution < -0.4 is 5.73 Å². The molecular weight excluding hydrogens is 310 g/mol. The largest absolute Gasteiger partial charge is 0.383 e. The lowest BCUT2D eigenvalue weighted by molar-refractivity contribution is -0.135. The highest BCUT2D eigenvalue weighted by Crippen LogP contribution is 2.14. The second-order valence-corrected chi connectivity index (χ2v) is 6.25. The van der Waals surface area contributed by atoms with Crippen molar-refractivity contribution in [2.45, 2.75) is 31.8 Å². The van der Waals surface area contributed by atoms with Crippen LogP contribution in [0.15, 0.2) is 0 Å². The van der Waals surface area contributed by atoms with Gasteiger partial charge in [0.2, 0.25) is 5.91 Å². The van der Waals surface area contributed by atoms with Gasteiger partial charge in [0.1, 0.15) is 0 Å². The van der Waals surface area contributed by atoms with Gasteiger partial charge in [-0.15, -0.1) is 12.4 Å². The lowest BCUT2D eigenvalue weighted by atomic mass is 10.1. The normalized spacial score (nSPS) is 21.0. The average molecular weight is 340 g/mol. The fraction of sp³-hybridized carbons (Fsp3) is 0.929. The summed E-state index contributed by atoms with van der Waals surface area (Å²) in [5.41, 5.74) is 6.00. The number of methoxy groups -OCH3 is 1. The molecule has 1 amide bonds. The summed E-state index contributed by atoms with van der Waals surface area (Å²) in [4.78, 5) is 16.7. The van der Waals surface area contributed by atoms with Crippen molar-refractivity contribution in [3.05, 3.63) is 0 Å². The Bertz CT molecular complexity index is 297. The van der Waals surface area contributed by atoms with Crippen LogP contribution in [0.1, 0.15) is 19.8 Å². The van der Waals surface area contributed by atoms with Crippen LogP contribution in [0.3, 0.4) is 0 Å². The SMILES string of the molecule is CCC1CN(C(=O)[C@@H](N)CCSC)CCN1CCOC.Cl. The van der Waals surface area contributed by atoms with E-state index in [1.54, 1.807) is 18.9 Å². The number of halogens is 1. The standard InChI is InChI=1S/C14H29N3O2S.ClH/c1-4-12-11-17(7-6-16(12)8-9-19-2)14(18)13(15)5-10-20-3;/h12-13H,4-11,15H2,1-3H3;1H/t12?,13-;/m0./s1. The molecule has 0 spiro atoms. The van der Waals surface area contributed by atoms with Gasteiger partial charge in [0.25, 0.3) is 0 Å². The molecule has 1 unspecified atom stereocenters. The van der Waals surface area contributed by atoms with Gasteiger partial charge in [0, 0.05) is 39.3 Å². The van der Waals surface area contributed by atoms with E-state index in [0.29, 0.717) is 6.04 Å². The van der Waals surface area contributed by atoms with Gasteiger partial charge in [-0.3, -0.25) is 9.69 Å². The molecule has 1 rings (SSSR count). The lowest BCUT2D eigenvalue weighted by Gasteiger charge is -2.41. The molecule has 1 aliphatic heterocycles. The maximum Gasteiger partial charge on any atom is 0.239 e. The van der Waals surface area contributed by atoms with Gasteiger partial charge >= 0.3 is 0 Å². The number of hydrogen-bond donors (Lipinski definition) is 1. The van der Waals surface area contributed by atoms with E-state index >= 15 is 0 Å². The monoisotopic (exact) mass is 339 g/mol. The van der Waals surface area contributed by atoms with Crippen LogP contribution >= 0.6 is 24.2 Å². The van der Waals surface area contributed by atoms with Crippen molar-refractivity contribution in [1.82, 2.24) is 9.80 Å². The third-order valence-electron chi connectivity index (χ3n) is 3.92. The van der Waals surface area contributed by atoms with Crippen LogP contribution in [0, 0.1) is 0 Å². The number of ether oxygens (including phenoxy) is 1. The lowest BCUT2D eigenvalue weighted by Crippen LogP contribution is -2.57. The first-order valence-electron chi connectivity index (χ1n) is 7.40. The van der Waals surface area contributed by atoms with Crippen LogP contribution in [0.4, 0.5) is 0 Å². The van der Waals surface area contributed by atoms with E-state index in [-0.39, 0.29) is 24.4 Å². The Balaban J connectivity index is 0.00000400. The minimum Gasteiger partial charge on any atom is -0.383 e. The summed E-state index contributed by atoms with van der Waals surface area (Å²) in [7, 11) is 1.73. The highest BCUT2D eigenvalue weighted by Gasteiger charge is 2.30. The number of rotatable bonds is 8. The number of hydrogen-bond acceptors (Lipinski definition) is 5. The van der Waals surface area contributed by atoms with Crippen molar-refractivity contribution in [2.24, 2.45) is 5.73 Å². The van der Waals surface area contributed by atoms with E-state index in [4.69, 9.17) is 10.5 Å². The Morgan fingerprint density at radius 3 is 2.76 bits per heavy atom. The summed E-state index contributed by atoms with van der Waals surface area (Å²) >= 11 is 1.74. The second-order valence-electron chi connectivity index (χ2n) is 5.26. The van der Waals surface area contributed by atoms with Gasteiger partial charge in [0.15, 0.2) is 0 Å². The molecule has 0 radical (unpaired) electrons. The molecule has 5 nitrogen and oxygen atoms in total. The molecule has 1 fully saturated rings. The maximum absolute atomic E-state index is 12.3. The van der Waals surface area contributed by atoms with E-state index in [1.807, 2.05) is 11.2 Å². The fourth-order valence-electron chi connectivity index (χ4n) is 2.59.